The number of halogens is 1. The fourth-order valence-electron chi connectivity index (χ4n) is 1.42. The third-order valence-electron chi connectivity index (χ3n) is 2.34. The van der Waals surface area contributed by atoms with E-state index in [1.807, 2.05) is 0 Å². The molecular weight excluding hydrogens is 260 g/mol. The van der Waals surface area contributed by atoms with Gasteiger partial charge in [0.15, 0.2) is 0 Å². The monoisotopic (exact) mass is 278 g/mol. The van der Waals surface area contributed by atoms with Gasteiger partial charge in [-0.05, 0) is 11.8 Å². The summed E-state index contributed by atoms with van der Waals surface area (Å²) in [6.45, 7) is 11.0. The maximum absolute atomic E-state index is 3.40. The van der Waals surface area contributed by atoms with Crippen LogP contribution in [0.3, 0.4) is 0 Å². The Balaban J connectivity index is 0. The molecule has 1 aromatic rings. The fraction of sp³-hybridized carbons (Fsp3) is 0.538. The van der Waals surface area contributed by atoms with Crippen molar-refractivity contribution in [2.24, 2.45) is 0 Å². The maximum atomic E-state index is 3.40. The second-order valence-electron chi connectivity index (χ2n) is 4.36. The molecule has 1 aromatic carbocycles. The molecule has 0 radical (unpaired) electrons. The minimum Gasteiger partial charge on any atom is -1.00 e. The van der Waals surface area contributed by atoms with Crippen molar-refractivity contribution in [2.45, 2.75) is 46.5 Å². The second-order valence-corrected chi connectivity index (χ2v) is 4.36. The van der Waals surface area contributed by atoms with E-state index in [0.717, 1.165) is 0 Å². The molecule has 0 heterocycles. The second kappa shape index (κ2) is 7.69. The molecule has 2 heteroatoms. The molecule has 80 valence electrons. The van der Waals surface area contributed by atoms with Crippen molar-refractivity contribution in [3.63, 3.8) is 0 Å². The Labute approximate surface area is 121 Å². The summed E-state index contributed by atoms with van der Waals surface area (Å²) in [6.07, 6.45) is 0. The van der Waals surface area contributed by atoms with Crippen molar-refractivity contribution in [1.29, 1.82) is 0 Å². The Kier molecular flexibility index (Phi) is 9.15. The Bertz CT molecular complexity index is 266. The molecular formula is C13H19BrMg. The van der Waals surface area contributed by atoms with Crippen LogP contribution in [0.5, 0.6) is 0 Å². The third kappa shape index (κ3) is 5.37. The molecule has 0 fully saturated rings. The van der Waals surface area contributed by atoms with Gasteiger partial charge >= 0.3 is 23.1 Å². The Morgan fingerprint density at radius 3 is 1.93 bits per heavy atom. The van der Waals surface area contributed by atoms with Crippen LogP contribution in [0.1, 0.15) is 56.2 Å². The summed E-state index contributed by atoms with van der Waals surface area (Å²) in [6, 6.07) is 7.91. The van der Waals surface area contributed by atoms with Crippen molar-refractivity contribution in [3.05, 3.63) is 34.9 Å². The van der Waals surface area contributed by atoms with Gasteiger partial charge in [0, 0.05) is 0 Å². The third-order valence-corrected chi connectivity index (χ3v) is 2.34. The molecule has 0 aliphatic rings. The smallest absolute Gasteiger partial charge is 1.00 e. The van der Waals surface area contributed by atoms with Crippen LogP contribution in [0.2, 0.25) is 0 Å². The average molecular weight is 280 g/mol. The van der Waals surface area contributed by atoms with Crippen LogP contribution >= 0.6 is 0 Å². The Hall–Kier alpha value is 0.466. The molecule has 0 bridgehead atoms. The van der Waals surface area contributed by atoms with Crippen LogP contribution in [0.15, 0.2) is 12.1 Å². The summed E-state index contributed by atoms with van der Waals surface area (Å²) >= 11 is 0. The van der Waals surface area contributed by atoms with Crippen LogP contribution in [0.25, 0.3) is 0 Å². The topological polar surface area (TPSA) is 0 Å². The zero-order valence-electron chi connectivity index (χ0n) is 10.4. The number of rotatable bonds is 2. The van der Waals surface area contributed by atoms with Gasteiger partial charge in [-0.25, -0.2) is 0 Å². The van der Waals surface area contributed by atoms with E-state index in [1.54, 1.807) is 0 Å². The quantitative estimate of drug-likeness (QED) is 0.551. The van der Waals surface area contributed by atoms with Gasteiger partial charge in [-0.15, -0.1) is 0 Å². The summed E-state index contributed by atoms with van der Waals surface area (Å²) < 4.78 is 0. The van der Waals surface area contributed by atoms with E-state index in [-0.39, 0.29) is 40.0 Å². The number of hydrogen-bond donors (Lipinski definition) is 0. The molecule has 0 unspecified atom stereocenters. The Morgan fingerprint density at radius 2 is 1.53 bits per heavy atom. The predicted octanol–water partition coefficient (Wildman–Crippen LogP) is 0.665. The summed E-state index contributed by atoms with van der Waals surface area (Å²) in [7, 11) is 0. The summed E-state index contributed by atoms with van der Waals surface area (Å²) in [5, 5.41) is 0. The summed E-state index contributed by atoms with van der Waals surface area (Å²) in [5.74, 6) is 1.20. The minimum absolute atomic E-state index is 0. The van der Waals surface area contributed by atoms with Crippen LogP contribution < -0.4 is 17.0 Å². The SMILES string of the molecule is Cc1[c-]c(C(C)C)cc(C(C)C)c1.[Br-].[Mg+2]. The minimum atomic E-state index is 0. The van der Waals surface area contributed by atoms with E-state index >= 15 is 0 Å². The van der Waals surface area contributed by atoms with E-state index in [0.29, 0.717) is 11.8 Å². The summed E-state index contributed by atoms with van der Waals surface area (Å²) in [5.41, 5.74) is 4.03. The van der Waals surface area contributed by atoms with E-state index in [4.69, 9.17) is 0 Å². The van der Waals surface area contributed by atoms with Gasteiger partial charge in [0.1, 0.15) is 0 Å². The fourth-order valence-corrected chi connectivity index (χ4v) is 1.42. The van der Waals surface area contributed by atoms with Crippen molar-refractivity contribution >= 4 is 23.1 Å². The molecule has 0 saturated heterocycles. The van der Waals surface area contributed by atoms with Crippen LogP contribution in [-0.2, 0) is 0 Å². The molecule has 0 aliphatic carbocycles. The average Bonchev–Trinajstić information content (AvgIpc) is 2.03. The van der Waals surface area contributed by atoms with E-state index in [9.17, 15) is 0 Å². The Morgan fingerprint density at radius 1 is 1.00 bits per heavy atom. The van der Waals surface area contributed by atoms with Crippen molar-refractivity contribution in [1.82, 2.24) is 0 Å². The van der Waals surface area contributed by atoms with Gasteiger partial charge in [-0.1, -0.05) is 34.6 Å². The normalized spacial score (nSPS) is 9.80. The molecule has 0 N–H and O–H groups in total. The molecule has 1 rings (SSSR count). The van der Waals surface area contributed by atoms with Gasteiger partial charge in [-0.3, -0.25) is 0 Å². The van der Waals surface area contributed by atoms with E-state index in [1.165, 1.54) is 16.7 Å². The molecule has 0 aromatic heterocycles. The first-order chi connectivity index (χ1) is 6.00. The van der Waals surface area contributed by atoms with Crippen LogP contribution in [0, 0.1) is 13.0 Å². The van der Waals surface area contributed by atoms with Crippen molar-refractivity contribution in [2.75, 3.05) is 0 Å². The van der Waals surface area contributed by atoms with Crippen molar-refractivity contribution < 1.29 is 17.0 Å². The first kappa shape index (κ1) is 17.8. The van der Waals surface area contributed by atoms with Crippen LogP contribution in [-0.4, -0.2) is 23.1 Å². The molecule has 0 saturated carbocycles. The first-order valence-electron chi connectivity index (χ1n) is 5.04. The molecule has 0 nitrogen and oxygen atoms in total. The zero-order valence-corrected chi connectivity index (χ0v) is 13.4. The van der Waals surface area contributed by atoms with Crippen molar-refractivity contribution in [3.8, 4) is 0 Å². The molecule has 0 amide bonds. The molecule has 0 atom stereocenters. The number of benzene rings is 1. The van der Waals surface area contributed by atoms with Gasteiger partial charge < -0.3 is 17.0 Å². The molecule has 0 spiro atoms. The van der Waals surface area contributed by atoms with Gasteiger partial charge in [-0.2, -0.15) is 34.9 Å². The number of hydrogen-bond acceptors (Lipinski definition) is 0. The summed E-state index contributed by atoms with van der Waals surface area (Å²) in [4.78, 5) is 0. The predicted molar refractivity (Wildman–Crippen MR) is 63.9 cm³/mol. The van der Waals surface area contributed by atoms with Gasteiger partial charge in [0.2, 0.25) is 0 Å². The van der Waals surface area contributed by atoms with Crippen LogP contribution in [0.4, 0.5) is 0 Å². The molecule has 0 aliphatic heterocycles. The van der Waals surface area contributed by atoms with E-state index < -0.39 is 0 Å². The van der Waals surface area contributed by atoms with Gasteiger partial charge in [0.25, 0.3) is 0 Å². The van der Waals surface area contributed by atoms with Gasteiger partial charge in [0.05, 0.1) is 0 Å². The first-order valence-corrected chi connectivity index (χ1v) is 5.04. The zero-order chi connectivity index (χ0) is 10.0. The largest absolute Gasteiger partial charge is 2.00 e. The number of aryl methyl sites for hydroxylation is 1. The maximum Gasteiger partial charge on any atom is 2.00 e. The molecule has 15 heavy (non-hydrogen) atoms. The standard InChI is InChI=1S/C13H19.BrH.Mg/c1-9(2)12-6-11(5)7-13(8-12)10(3)4;;/h6,8-10H,1-5H3;1H;/q-1;;+2/p-1. The van der Waals surface area contributed by atoms with E-state index in [2.05, 4.69) is 52.8 Å².